The highest BCUT2D eigenvalue weighted by Crippen LogP contribution is 2.45. The summed E-state index contributed by atoms with van der Waals surface area (Å²) in [4.78, 5) is 12.1. The van der Waals surface area contributed by atoms with Gasteiger partial charge in [-0.2, -0.15) is 0 Å². The Bertz CT molecular complexity index is 664. The fourth-order valence-corrected chi connectivity index (χ4v) is 11.3. The van der Waals surface area contributed by atoms with Crippen molar-refractivity contribution in [1.29, 1.82) is 0 Å². The van der Waals surface area contributed by atoms with Crippen LogP contribution in [0.5, 0.6) is 0 Å². The Labute approximate surface area is 134 Å². The lowest BCUT2D eigenvalue weighted by Crippen LogP contribution is -2.53. The van der Waals surface area contributed by atoms with Gasteiger partial charge in [0, 0.05) is 5.52 Å². The molecule has 0 saturated carbocycles. The smallest absolute Gasteiger partial charge is 0.264 e. The van der Waals surface area contributed by atoms with E-state index in [1.807, 2.05) is 18.2 Å². The Kier molecular flexibility index (Phi) is 4.52. The van der Waals surface area contributed by atoms with Crippen LogP contribution in [0.4, 0.5) is 0 Å². The first kappa shape index (κ1) is 16.8. The summed E-state index contributed by atoms with van der Waals surface area (Å²) >= 11 is 0. The molecule has 3 nitrogen and oxygen atoms in total. The van der Waals surface area contributed by atoms with Gasteiger partial charge in [0.25, 0.3) is 5.91 Å². The SMILES string of the molecule is CC(C)[Si](C(C)C)(C(C)C)n1c(C(N)=O)cc2ccccc21. The third kappa shape index (κ3) is 2.30. The normalized spacial score (nSPS) is 12.8. The third-order valence-electron chi connectivity index (χ3n) is 5.13. The highest BCUT2D eigenvalue weighted by atomic mass is 28.3. The first-order valence-corrected chi connectivity index (χ1v) is 10.3. The highest BCUT2D eigenvalue weighted by molar-refractivity contribution is 6.83. The Hall–Kier alpha value is -1.55. The van der Waals surface area contributed by atoms with Crippen molar-refractivity contribution < 1.29 is 4.79 Å². The van der Waals surface area contributed by atoms with Crippen LogP contribution in [0.1, 0.15) is 52.0 Å². The Morgan fingerprint density at radius 2 is 1.50 bits per heavy atom. The summed E-state index contributed by atoms with van der Waals surface area (Å²) < 4.78 is 2.35. The van der Waals surface area contributed by atoms with Gasteiger partial charge in [-0.1, -0.05) is 59.7 Å². The third-order valence-corrected chi connectivity index (χ3v) is 11.9. The molecule has 4 heteroatoms. The average molecular weight is 317 g/mol. The summed E-state index contributed by atoms with van der Waals surface area (Å²) in [5.74, 6) is -0.324. The second kappa shape index (κ2) is 5.92. The number of rotatable bonds is 5. The van der Waals surface area contributed by atoms with Gasteiger partial charge in [-0.05, 0) is 34.1 Å². The molecular weight excluding hydrogens is 288 g/mol. The zero-order valence-corrected chi connectivity index (χ0v) is 15.6. The Morgan fingerprint density at radius 1 is 1.00 bits per heavy atom. The number of carbonyl (C=O) groups is 1. The van der Waals surface area contributed by atoms with Crippen LogP contribution in [-0.4, -0.2) is 18.4 Å². The number of hydrogen-bond acceptors (Lipinski definition) is 1. The number of para-hydroxylation sites is 1. The van der Waals surface area contributed by atoms with Gasteiger partial charge < -0.3 is 9.97 Å². The summed E-state index contributed by atoms with van der Waals surface area (Å²) in [6, 6.07) is 10.2. The van der Waals surface area contributed by atoms with Crippen molar-refractivity contribution in [3.05, 3.63) is 36.0 Å². The maximum atomic E-state index is 12.1. The molecule has 1 aromatic heterocycles. The molecular formula is C18H28N2OSi. The molecule has 2 aromatic rings. The Balaban J connectivity index is 2.95. The van der Waals surface area contributed by atoms with E-state index < -0.39 is 8.24 Å². The second-order valence-corrected chi connectivity index (χ2v) is 12.8. The number of primary amides is 1. The zero-order valence-electron chi connectivity index (χ0n) is 14.6. The van der Waals surface area contributed by atoms with Gasteiger partial charge in [-0.15, -0.1) is 0 Å². The minimum Gasteiger partial charge on any atom is -0.364 e. The molecule has 0 aliphatic carbocycles. The standard InChI is InChI=1S/C18H28N2OSi/c1-12(2)22(13(3)4,14(5)6)20-16-10-8-7-9-15(16)11-17(20)18(19)21/h7-14H,1-6H3,(H2,19,21). The number of aromatic nitrogens is 1. The molecule has 0 bridgehead atoms. The molecule has 1 heterocycles. The number of amides is 1. The van der Waals surface area contributed by atoms with Crippen LogP contribution < -0.4 is 5.73 Å². The molecule has 0 unspecified atom stereocenters. The van der Waals surface area contributed by atoms with E-state index in [1.165, 1.54) is 0 Å². The molecule has 1 aromatic carbocycles. The molecule has 0 aliphatic heterocycles. The van der Waals surface area contributed by atoms with E-state index in [-0.39, 0.29) is 5.91 Å². The fourth-order valence-electron chi connectivity index (χ4n) is 4.53. The molecule has 0 aliphatic rings. The largest absolute Gasteiger partial charge is 0.364 e. The van der Waals surface area contributed by atoms with Crippen molar-refractivity contribution in [2.24, 2.45) is 5.73 Å². The lowest BCUT2D eigenvalue weighted by molar-refractivity contribution is 0.0994. The van der Waals surface area contributed by atoms with Gasteiger partial charge in [0.2, 0.25) is 0 Å². The van der Waals surface area contributed by atoms with Crippen LogP contribution in [0.3, 0.4) is 0 Å². The van der Waals surface area contributed by atoms with Gasteiger partial charge in [-0.3, -0.25) is 4.79 Å². The molecule has 0 saturated heterocycles. The van der Waals surface area contributed by atoms with E-state index >= 15 is 0 Å². The van der Waals surface area contributed by atoms with E-state index in [1.54, 1.807) is 0 Å². The van der Waals surface area contributed by atoms with E-state index in [2.05, 4.69) is 57.9 Å². The van der Waals surface area contributed by atoms with Crippen molar-refractivity contribution in [3.8, 4) is 0 Å². The number of nitrogens with two attached hydrogens (primary N) is 1. The molecule has 120 valence electrons. The number of carbonyl (C=O) groups excluding carboxylic acids is 1. The summed E-state index contributed by atoms with van der Waals surface area (Å²) in [5, 5.41) is 1.11. The quantitative estimate of drug-likeness (QED) is 0.794. The van der Waals surface area contributed by atoms with Crippen LogP contribution in [0.2, 0.25) is 16.6 Å². The predicted molar refractivity (Wildman–Crippen MR) is 96.9 cm³/mol. The maximum absolute atomic E-state index is 12.1. The number of fused-ring (bicyclic) bond motifs is 1. The first-order chi connectivity index (χ1) is 10.2. The highest BCUT2D eigenvalue weighted by Gasteiger charge is 2.47. The zero-order chi connectivity index (χ0) is 16.7. The van der Waals surface area contributed by atoms with Crippen LogP contribution in [0, 0.1) is 0 Å². The number of nitrogens with zero attached hydrogens (tertiary/aromatic N) is 1. The monoisotopic (exact) mass is 316 g/mol. The first-order valence-electron chi connectivity index (χ1n) is 8.15. The fraction of sp³-hybridized carbons (Fsp3) is 0.500. The van der Waals surface area contributed by atoms with Crippen LogP contribution in [0.15, 0.2) is 30.3 Å². The molecule has 0 fully saturated rings. The number of benzene rings is 1. The van der Waals surface area contributed by atoms with Gasteiger partial charge in [0.1, 0.15) is 0 Å². The summed E-state index contributed by atoms with van der Waals surface area (Å²) in [7, 11) is -2.01. The summed E-state index contributed by atoms with van der Waals surface area (Å²) in [6.45, 7) is 13.8. The molecule has 22 heavy (non-hydrogen) atoms. The van der Waals surface area contributed by atoms with Crippen molar-refractivity contribution >= 4 is 25.0 Å². The molecule has 2 N–H and O–H groups in total. The van der Waals surface area contributed by atoms with E-state index in [0.29, 0.717) is 22.3 Å². The van der Waals surface area contributed by atoms with Crippen molar-refractivity contribution in [2.75, 3.05) is 0 Å². The molecule has 0 spiro atoms. The molecule has 2 rings (SSSR count). The van der Waals surface area contributed by atoms with Gasteiger partial charge in [0.05, 0.1) is 5.69 Å². The Morgan fingerprint density at radius 3 is 1.95 bits per heavy atom. The maximum Gasteiger partial charge on any atom is 0.264 e. The van der Waals surface area contributed by atoms with Crippen molar-refractivity contribution in [2.45, 2.75) is 58.2 Å². The predicted octanol–water partition coefficient (Wildman–Crippen LogP) is 4.76. The van der Waals surface area contributed by atoms with Crippen LogP contribution >= 0.6 is 0 Å². The molecule has 0 radical (unpaired) electrons. The average Bonchev–Trinajstić information content (AvgIpc) is 2.78. The van der Waals surface area contributed by atoms with Gasteiger partial charge in [0.15, 0.2) is 8.24 Å². The van der Waals surface area contributed by atoms with E-state index in [9.17, 15) is 4.79 Å². The van der Waals surface area contributed by atoms with Crippen LogP contribution in [0.25, 0.3) is 10.9 Å². The summed E-state index contributed by atoms with van der Waals surface area (Å²) in [5.41, 5.74) is 9.11. The van der Waals surface area contributed by atoms with Crippen LogP contribution in [-0.2, 0) is 0 Å². The molecule has 0 atom stereocenters. The van der Waals surface area contributed by atoms with Crippen molar-refractivity contribution in [3.63, 3.8) is 0 Å². The summed E-state index contributed by atoms with van der Waals surface area (Å²) in [6.07, 6.45) is 0. The minimum absolute atomic E-state index is 0.324. The second-order valence-electron chi connectivity index (χ2n) is 7.14. The topological polar surface area (TPSA) is 48.0 Å². The van der Waals surface area contributed by atoms with E-state index in [4.69, 9.17) is 5.73 Å². The van der Waals surface area contributed by atoms with E-state index in [0.717, 1.165) is 10.9 Å². The van der Waals surface area contributed by atoms with Crippen molar-refractivity contribution in [1.82, 2.24) is 4.23 Å². The lowest BCUT2D eigenvalue weighted by Gasteiger charge is -2.45. The number of hydrogen-bond donors (Lipinski definition) is 1. The molecule has 1 amide bonds. The van der Waals surface area contributed by atoms with Gasteiger partial charge >= 0.3 is 0 Å². The van der Waals surface area contributed by atoms with Gasteiger partial charge in [-0.25, -0.2) is 0 Å². The lowest BCUT2D eigenvalue weighted by atomic mass is 10.2. The minimum atomic E-state index is -2.01.